The molecule has 0 spiro atoms. The van der Waals surface area contributed by atoms with Gasteiger partial charge in [-0.05, 0) is 62.2 Å². The van der Waals surface area contributed by atoms with E-state index in [0.717, 1.165) is 38.3 Å². The van der Waals surface area contributed by atoms with Crippen molar-refractivity contribution in [3.8, 4) is 5.75 Å². The summed E-state index contributed by atoms with van der Waals surface area (Å²) in [5.41, 5.74) is 4.22. The zero-order valence-electron chi connectivity index (χ0n) is 17.6. The Balaban J connectivity index is 1.44. The number of aryl methyl sites for hydroxylation is 3. The summed E-state index contributed by atoms with van der Waals surface area (Å²) in [6.07, 6.45) is 0.175. The quantitative estimate of drug-likeness (QED) is 0.497. The minimum absolute atomic E-state index is 0.0903. The Morgan fingerprint density at radius 2 is 1.81 bits per heavy atom. The van der Waals surface area contributed by atoms with E-state index in [2.05, 4.69) is 31.7 Å². The van der Waals surface area contributed by atoms with Crippen LogP contribution in [0.4, 0.5) is 5.69 Å². The molecule has 0 aliphatic rings. The number of amides is 2. The minimum atomic E-state index is -0.276. The molecule has 3 rings (SSSR count). The summed E-state index contributed by atoms with van der Waals surface area (Å²) in [4.78, 5) is 24.3. The Morgan fingerprint density at radius 3 is 2.45 bits per heavy atom. The summed E-state index contributed by atoms with van der Waals surface area (Å²) < 4.78 is 11.8. The van der Waals surface area contributed by atoms with Crippen LogP contribution in [0.3, 0.4) is 0 Å². The molecule has 162 valence electrons. The van der Waals surface area contributed by atoms with Crippen LogP contribution in [0.5, 0.6) is 5.75 Å². The number of ether oxygens (including phenoxy) is 1. The zero-order chi connectivity index (χ0) is 22.4. The predicted octanol–water partition coefficient (Wildman–Crippen LogP) is 4.24. The highest BCUT2D eigenvalue weighted by molar-refractivity contribution is 9.10. The van der Waals surface area contributed by atoms with Gasteiger partial charge in [0.1, 0.15) is 18.1 Å². The first-order valence-corrected chi connectivity index (χ1v) is 10.6. The third-order valence-corrected chi connectivity index (χ3v) is 5.25. The number of benzene rings is 2. The van der Waals surface area contributed by atoms with Crippen molar-refractivity contribution in [2.45, 2.75) is 33.8 Å². The lowest BCUT2D eigenvalue weighted by Gasteiger charge is -2.10. The maximum absolute atomic E-state index is 12.2. The summed E-state index contributed by atoms with van der Waals surface area (Å²) in [6.45, 7) is 5.90. The van der Waals surface area contributed by atoms with E-state index in [9.17, 15) is 9.59 Å². The number of anilines is 1. The predicted molar refractivity (Wildman–Crippen MR) is 121 cm³/mol. The maximum atomic E-state index is 12.2. The minimum Gasteiger partial charge on any atom is -0.489 e. The number of nitrogens with one attached hydrogen (secondary N) is 2. The fraction of sp³-hybridized carbons (Fsp3) is 0.261. The van der Waals surface area contributed by atoms with E-state index in [1.165, 1.54) is 0 Å². The van der Waals surface area contributed by atoms with Crippen LogP contribution < -0.4 is 15.4 Å². The maximum Gasteiger partial charge on any atom is 0.243 e. The van der Waals surface area contributed by atoms with Crippen LogP contribution in [-0.4, -0.2) is 23.5 Å². The van der Waals surface area contributed by atoms with Crippen LogP contribution >= 0.6 is 15.9 Å². The van der Waals surface area contributed by atoms with Crippen LogP contribution in [0.25, 0.3) is 0 Å². The van der Waals surface area contributed by atoms with Crippen molar-refractivity contribution in [1.29, 1.82) is 0 Å². The molecule has 0 unspecified atom stereocenters. The Morgan fingerprint density at radius 1 is 1.06 bits per heavy atom. The Hall–Kier alpha value is -3.13. The molecular weight excluding hydrogens is 462 g/mol. The highest BCUT2D eigenvalue weighted by Gasteiger charge is 2.11. The molecule has 8 heteroatoms. The normalized spacial score (nSPS) is 10.6. The third kappa shape index (κ3) is 6.42. The van der Waals surface area contributed by atoms with Gasteiger partial charge in [-0.3, -0.25) is 9.59 Å². The van der Waals surface area contributed by atoms with E-state index in [0.29, 0.717) is 12.4 Å². The molecule has 0 radical (unpaired) electrons. The van der Waals surface area contributed by atoms with Crippen molar-refractivity contribution < 1.29 is 18.8 Å². The van der Waals surface area contributed by atoms with Crippen LogP contribution in [0.15, 0.2) is 51.5 Å². The molecule has 2 N–H and O–H groups in total. The van der Waals surface area contributed by atoms with Gasteiger partial charge in [-0.15, -0.1) is 0 Å². The molecule has 1 aromatic heterocycles. The summed E-state index contributed by atoms with van der Waals surface area (Å²) in [5.74, 6) is 0.924. The number of aromatic nitrogens is 1. The lowest BCUT2D eigenvalue weighted by Crippen LogP contribution is -2.33. The molecule has 3 aromatic rings. The molecular formula is C23H24BrN3O4. The standard InChI is InChI=1S/C23H24BrN3O4/c1-14-10-18(24)6-9-21(14)26-23(29)12-25-22(28)11-17-4-7-19(8-5-17)30-13-20-15(2)27-31-16(20)3/h4-10H,11-13H2,1-3H3,(H,25,28)(H,26,29). The summed E-state index contributed by atoms with van der Waals surface area (Å²) in [6, 6.07) is 12.8. The van der Waals surface area contributed by atoms with Gasteiger partial charge in [-0.25, -0.2) is 0 Å². The first-order chi connectivity index (χ1) is 14.8. The SMILES string of the molecule is Cc1cc(Br)ccc1NC(=O)CNC(=O)Cc1ccc(OCc2c(C)noc2C)cc1. The second-order valence-corrected chi connectivity index (χ2v) is 8.11. The first-order valence-electron chi connectivity index (χ1n) is 9.78. The van der Waals surface area contributed by atoms with Crippen LogP contribution in [0.2, 0.25) is 0 Å². The Bertz CT molecular complexity index is 1060. The van der Waals surface area contributed by atoms with Gasteiger partial charge in [0.25, 0.3) is 0 Å². The van der Waals surface area contributed by atoms with Crippen molar-refractivity contribution in [2.24, 2.45) is 0 Å². The summed E-state index contributed by atoms with van der Waals surface area (Å²) >= 11 is 3.39. The van der Waals surface area contributed by atoms with Gasteiger partial charge >= 0.3 is 0 Å². The molecule has 0 atom stereocenters. The number of hydrogen-bond acceptors (Lipinski definition) is 5. The third-order valence-electron chi connectivity index (χ3n) is 4.76. The van der Waals surface area contributed by atoms with Crippen molar-refractivity contribution in [3.63, 3.8) is 0 Å². The topological polar surface area (TPSA) is 93.5 Å². The van der Waals surface area contributed by atoms with Gasteiger partial charge in [0.15, 0.2) is 0 Å². The van der Waals surface area contributed by atoms with Gasteiger partial charge < -0.3 is 19.9 Å². The second kappa shape index (κ2) is 10.3. The van der Waals surface area contributed by atoms with Crippen LogP contribution in [0, 0.1) is 20.8 Å². The van der Waals surface area contributed by atoms with Crippen molar-refractivity contribution >= 4 is 33.4 Å². The largest absolute Gasteiger partial charge is 0.489 e. The Kier molecular flexibility index (Phi) is 7.46. The number of carbonyl (C=O) groups excluding carboxylic acids is 2. The van der Waals surface area contributed by atoms with Gasteiger partial charge in [-0.2, -0.15) is 0 Å². The summed E-state index contributed by atoms with van der Waals surface area (Å²) in [7, 11) is 0. The average Bonchev–Trinajstić information content (AvgIpc) is 3.05. The molecule has 0 saturated carbocycles. The molecule has 2 amide bonds. The number of hydrogen-bond donors (Lipinski definition) is 2. The van der Waals surface area contributed by atoms with E-state index < -0.39 is 0 Å². The van der Waals surface area contributed by atoms with Crippen molar-refractivity contribution in [3.05, 3.63) is 75.1 Å². The van der Waals surface area contributed by atoms with Crippen molar-refractivity contribution in [2.75, 3.05) is 11.9 Å². The highest BCUT2D eigenvalue weighted by Crippen LogP contribution is 2.20. The zero-order valence-corrected chi connectivity index (χ0v) is 19.2. The monoisotopic (exact) mass is 485 g/mol. The average molecular weight is 486 g/mol. The lowest BCUT2D eigenvalue weighted by molar-refractivity contribution is -0.123. The lowest BCUT2D eigenvalue weighted by atomic mass is 10.1. The number of halogens is 1. The second-order valence-electron chi connectivity index (χ2n) is 7.20. The number of nitrogens with zero attached hydrogens (tertiary/aromatic N) is 1. The molecule has 0 aliphatic carbocycles. The van der Waals surface area contributed by atoms with Gasteiger partial charge in [-0.1, -0.05) is 33.2 Å². The fourth-order valence-electron chi connectivity index (χ4n) is 2.96. The number of carbonyl (C=O) groups is 2. The van der Waals surface area contributed by atoms with E-state index in [4.69, 9.17) is 9.26 Å². The van der Waals surface area contributed by atoms with Gasteiger partial charge in [0.2, 0.25) is 11.8 Å². The molecule has 0 bridgehead atoms. The molecule has 1 heterocycles. The van der Waals surface area contributed by atoms with Crippen molar-refractivity contribution in [1.82, 2.24) is 10.5 Å². The molecule has 0 fully saturated rings. The van der Waals surface area contributed by atoms with Crippen LogP contribution in [-0.2, 0) is 22.6 Å². The Labute approximate surface area is 189 Å². The summed E-state index contributed by atoms with van der Waals surface area (Å²) in [5, 5.41) is 9.35. The molecule has 0 aliphatic heterocycles. The first kappa shape index (κ1) is 22.6. The smallest absolute Gasteiger partial charge is 0.243 e. The van der Waals surface area contributed by atoms with Gasteiger partial charge in [0, 0.05) is 10.2 Å². The molecule has 2 aromatic carbocycles. The van der Waals surface area contributed by atoms with E-state index >= 15 is 0 Å². The molecule has 31 heavy (non-hydrogen) atoms. The van der Waals surface area contributed by atoms with E-state index in [-0.39, 0.29) is 24.8 Å². The van der Waals surface area contributed by atoms with Crippen LogP contribution in [0.1, 0.15) is 28.1 Å². The molecule has 0 saturated heterocycles. The number of rotatable bonds is 8. The van der Waals surface area contributed by atoms with E-state index in [1.54, 1.807) is 0 Å². The molecule has 7 nitrogen and oxygen atoms in total. The fourth-order valence-corrected chi connectivity index (χ4v) is 3.43. The van der Waals surface area contributed by atoms with Gasteiger partial charge in [0.05, 0.1) is 24.2 Å². The van der Waals surface area contributed by atoms with E-state index in [1.807, 2.05) is 63.2 Å². The highest BCUT2D eigenvalue weighted by atomic mass is 79.9.